The molecule has 0 unspecified atom stereocenters. The van der Waals surface area contributed by atoms with Crippen LogP contribution in [0.15, 0.2) is 23.2 Å². The van der Waals surface area contributed by atoms with Crippen molar-refractivity contribution in [3.8, 4) is 0 Å². The lowest BCUT2D eigenvalue weighted by molar-refractivity contribution is -0.130. The molecular weight excluding hydrogens is 322 g/mol. The smallest absolute Gasteiger partial charge is 0.227 e. The summed E-state index contributed by atoms with van der Waals surface area (Å²) in [6.45, 7) is 3.93. The van der Waals surface area contributed by atoms with E-state index in [0.29, 0.717) is 56.0 Å². The van der Waals surface area contributed by atoms with Crippen LogP contribution in [0.2, 0.25) is 0 Å². The summed E-state index contributed by atoms with van der Waals surface area (Å²) in [5.41, 5.74) is 0.983. The Morgan fingerprint density at radius 2 is 2.16 bits per heavy atom. The Hall–Kier alpha value is -2.35. The van der Waals surface area contributed by atoms with Gasteiger partial charge in [0.05, 0.1) is 12.7 Å². The minimum atomic E-state index is 0.123. The van der Waals surface area contributed by atoms with E-state index in [4.69, 9.17) is 9.26 Å². The summed E-state index contributed by atoms with van der Waals surface area (Å²) in [5.74, 6) is 2.13. The van der Waals surface area contributed by atoms with Crippen LogP contribution in [-0.2, 0) is 22.4 Å². The predicted octanol–water partition coefficient (Wildman–Crippen LogP) is 0.817. The molecule has 4 rings (SSSR count). The topological polar surface area (TPSA) is 94.2 Å². The first-order chi connectivity index (χ1) is 12.2. The van der Waals surface area contributed by atoms with Crippen molar-refractivity contribution in [3.05, 3.63) is 36.0 Å². The number of amides is 1. The van der Waals surface area contributed by atoms with Crippen LogP contribution >= 0.6 is 0 Å². The molecule has 2 fully saturated rings. The third-order valence-corrected chi connectivity index (χ3v) is 5.04. The SMILES string of the molecule is Cc1noc(C[C@@H]2CO[C@@H]3CN(C(=O)CCc4cncnc4)C[C@H]23)n1. The number of ether oxygens (including phenoxy) is 1. The first kappa shape index (κ1) is 16.1. The van der Waals surface area contributed by atoms with E-state index in [2.05, 4.69) is 20.1 Å². The van der Waals surface area contributed by atoms with E-state index in [1.807, 2.05) is 11.8 Å². The van der Waals surface area contributed by atoms with Gasteiger partial charge in [0.2, 0.25) is 11.8 Å². The van der Waals surface area contributed by atoms with E-state index in [1.165, 1.54) is 6.33 Å². The highest BCUT2D eigenvalue weighted by Gasteiger charge is 2.45. The van der Waals surface area contributed by atoms with Gasteiger partial charge in [0.1, 0.15) is 6.33 Å². The molecule has 0 radical (unpaired) electrons. The van der Waals surface area contributed by atoms with Crippen molar-refractivity contribution in [2.24, 2.45) is 11.8 Å². The highest BCUT2D eigenvalue weighted by molar-refractivity contribution is 5.76. The number of fused-ring (bicyclic) bond motifs is 1. The minimum absolute atomic E-state index is 0.123. The summed E-state index contributed by atoms with van der Waals surface area (Å²) in [6, 6.07) is 0. The predicted molar refractivity (Wildman–Crippen MR) is 86.4 cm³/mol. The second kappa shape index (κ2) is 6.87. The number of likely N-dealkylation sites (tertiary alicyclic amines) is 1. The second-order valence-electron chi connectivity index (χ2n) is 6.78. The first-order valence-corrected chi connectivity index (χ1v) is 8.61. The van der Waals surface area contributed by atoms with E-state index >= 15 is 0 Å². The van der Waals surface area contributed by atoms with Crippen molar-refractivity contribution >= 4 is 5.91 Å². The molecule has 25 heavy (non-hydrogen) atoms. The third-order valence-electron chi connectivity index (χ3n) is 5.04. The van der Waals surface area contributed by atoms with Crippen LogP contribution in [0.5, 0.6) is 0 Å². The Balaban J connectivity index is 1.32. The van der Waals surface area contributed by atoms with Crippen LogP contribution in [0, 0.1) is 18.8 Å². The van der Waals surface area contributed by atoms with Gasteiger partial charge >= 0.3 is 0 Å². The van der Waals surface area contributed by atoms with E-state index in [1.54, 1.807) is 12.4 Å². The maximum Gasteiger partial charge on any atom is 0.227 e. The van der Waals surface area contributed by atoms with Gasteiger partial charge in [0.15, 0.2) is 5.82 Å². The van der Waals surface area contributed by atoms with E-state index in [-0.39, 0.29) is 12.0 Å². The molecule has 2 aliphatic heterocycles. The normalized spacial score (nSPS) is 25.3. The zero-order valence-electron chi connectivity index (χ0n) is 14.2. The Morgan fingerprint density at radius 3 is 2.92 bits per heavy atom. The summed E-state index contributed by atoms with van der Waals surface area (Å²) >= 11 is 0. The monoisotopic (exact) mass is 343 g/mol. The molecule has 4 heterocycles. The Morgan fingerprint density at radius 1 is 1.32 bits per heavy atom. The number of aryl methyl sites for hydroxylation is 2. The van der Waals surface area contributed by atoms with Crippen molar-refractivity contribution in [1.29, 1.82) is 0 Å². The lowest BCUT2D eigenvalue weighted by Crippen LogP contribution is -2.31. The fraction of sp³-hybridized carbons (Fsp3) is 0.588. The molecule has 0 aliphatic carbocycles. The molecule has 2 saturated heterocycles. The molecule has 0 spiro atoms. The van der Waals surface area contributed by atoms with Crippen LogP contribution in [0.25, 0.3) is 0 Å². The molecule has 0 aromatic carbocycles. The maximum absolute atomic E-state index is 12.5. The lowest BCUT2D eigenvalue weighted by atomic mass is 9.90. The molecule has 0 bridgehead atoms. The summed E-state index contributed by atoms with van der Waals surface area (Å²) in [7, 11) is 0. The van der Waals surface area contributed by atoms with Crippen LogP contribution < -0.4 is 0 Å². The van der Waals surface area contributed by atoms with E-state index in [0.717, 1.165) is 12.1 Å². The molecule has 3 atom stereocenters. The fourth-order valence-electron chi connectivity index (χ4n) is 3.73. The molecule has 2 aliphatic rings. The molecular formula is C17H21N5O3. The van der Waals surface area contributed by atoms with Crippen molar-refractivity contribution in [1.82, 2.24) is 25.0 Å². The van der Waals surface area contributed by atoms with Gasteiger partial charge in [-0.05, 0) is 24.8 Å². The lowest BCUT2D eigenvalue weighted by Gasteiger charge is -2.19. The van der Waals surface area contributed by atoms with Gasteiger partial charge in [0, 0.05) is 44.2 Å². The minimum Gasteiger partial charge on any atom is -0.376 e. The Kier molecular flexibility index (Phi) is 4.44. The number of rotatable bonds is 5. The van der Waals surface area contributed by atoms with Crippen molar-refractivity contribution in [3.63, 3.8) is 0 Å². The molecule has 2 aromatic rings. The third kappa shape index (κ3) is 3.53. The van der Waals surface area contributed by atoms with Crippen molar-refractivity contribution < 1.29 is 14.1 Å². The first-order valence-electron chi connectivity index (χ1n) is 8.61. The standard InChI is InChI=1S/C17H21N5O3/c1-11-20-16(25-21-11)4-13-9-24-15-8-22(7-14(13)15)17(23)3-2-12-5-18-10-19-6-12/h5-6,10,13-15H,2-4,7-9H2,1H3/t13-,14-,15-/m1/s1. The van der Waals surface area contributed by atoms with E-state index < -0.39 is 0 Å². The van der Waals surface area contributed by atoms with Crippen LogP contribution in [0.4, 0.5) is 0 Å². The van der Waals surface area contributed by atoms with Gasteiger partial charge < -0.3 is 14.2 Å². The highest BCUT2D eigenvalue weighted by atomic mass is 16.5. The number of nitrogens with zero attached hydrogens (tertiary/aromatic N) is 5. The van der Waals surface area contributed by atoms with Gasteiger partial charge in [0.25, 0.3) is 0 Å². The summed E-state index contributed by atoms with van der Waals surface area (Å²) < 4.78 is 11.1. The number of hydrogen-bond donors (Lipinski definition) is 0. The molecule has 0 N–H and O–H groups in total. The second-order valence-corrected chi connectivity index (χ2v) is 6.78. The van der Waals surface area contributed by atoms with Gasteiger partial charge in [-0.2, -0.15) is 4.98 Å². The number of aromatic nitrogens is 4. The van der Waals surface area contributed by atoms with E-state index in [9.17, 15) is 4.79 Å². The maximum atomic E-state index is 12.5. The summed E-state index contributed by atoms with van der Waals surface area (Å²) in [6.07, 6.45) is 6.98. The fourth-order valence-corrected chi connectivity index (χ4v) is 3.73. The number of carbonyl (C=O) groups is 1. The van der Waals surface area contributed by atoms with Crippen LogP contribution in [0.1, 0.15) is 23.7 Å². The quantitative estimate of drug-likeness (QED) is 0.793. The molecule has 8 nitrogen and oxygen atoms in total. The largest absolute Gasteiger partial charge is 0.376 e. The zero-order valence-corrected chi connectivity index (χ0v) is 14.2. The Bertz CT molecular complexity index is 735. The number of hydrogen-bond acceptors (Lipinski definition) is 7. The highest BCUT2D eigenvalue weighted by Crippen LogP contribution is 2.35. The van der Waals surface area contributed by atoms with Gasteiger partial charge in [-0.1, -0.05) is 5.16 Å². The summed E-state index contributed by atoms with van der Waals surface area (Å²) in [4.78, 5) is 26.7. The van der Waals surface area contributed by atoms with Gasteiger partial charge in [-0.15, -0.1) is 0 Å². The molecule has 0 saturated carbocycles. The zero-order chi connectivity index (χ0) is 17.2. The number of carbonyl (C=O) groups excluding carboxylic acids is 1. The average Bonchev–Trinajstić information content (AvgIpc) is 3.31. The summed E-state index contributed by atoms with van der Waals surface area (Å²) in [5, 5.41) is 3.84. The average molecular weight is 343 g/mol. The van der Waals surface area contributed by atoms with Crippen molar-refractivity contribution in [2.75, 3.05) is 19.7 Å². The van der Waals surface area contributed by atoms with Gasteiger partial charge in [-0.25, -0.2) is 9.97 Å². The molecule has 8 heteroatoms. The Labute approximate surface area is 145 Å². The van der Waals surface area contributed by atoms with Crippen molar-refractivity contribution in [2.45, 2.75) is 32.3 Å². The van der Waals surface area contributed by atoms with Gasteiger partial charge in [-0.3, -0.25) is 4.79 Å². The molecule has 2 aromatic heterocycles. The molecule has 132 valence electrons. The molecule has 1 amide bonds. The van der Waals surface area contributed by atoms with Crippen LogP contribution in [0.3, 0.4) is 0 Å². The van der Waals surface area contributed by atoms with Crippen LogP contribution in [-0.4, -0.2) is 56.7 Å².